The van der Waals surface area contributed by atoms with Crippen LogP contribution in [-0.4, -0.2) is 50.4 Å². The second kappa shape index (κ2) is 16.2. The number of carbonyl (C=O) groups excluding carboxylic acids is 2. The van der Waals surface area contributed by atoms with E-state index in [1.54, 1.807) is 14.2 Å². The first kappa shape index (κ1) is 35.0. The van der Waals surface area contributed by atoms with Crippen molar-refractivity contribution in [2.75, 3.05) is 38.9 Å². The normalized spacial score (nSPS) is 11.5. The van der Waals surface area contributed by atoms with Crippen LogP contribution in [-0.2, 0) is 0 Å². The van der Waals surface area contributed by atoms with Gasteiger partial charge in [-0.3, -0.25) is 9.59 Å². The monoisotopic (exact) mass is 696 g/mol. The molecule has 6 rings (SSSR count). The van der Waals surface area contributed by atoms with Gasteiger partial charge in [-0.2, -0.15) is 0 Å². The fourth-order valence-electron chi connectivity index (χ4n) is 6.76. The molecule has 6 heteroatoms. The number of ketones is 2. The molecule has 0 aromatic heterocycles. The molecule has 0 aliphatic carbocycles. The first-order valence-corrected chi connectivity index (χ1v) is 21.1. The lowest BCUT2D eigenvalue weighted by Gasteiger charge is -2.32. The minimum Gasteiger partial charge on any atom is -0.497 e. The Morgan fingerprint density at radius 3 is 0.900 bits per heavy atom. The van der Waals surface area contributed by atoms with Gasteiger partial charge in [-0.25, -0.2) is 0 Å². The average molecular weight is 697 g/mol. The molecule has 0 heterocycles. The van der Waals surface area contributed by atoms with Crippen molar-refractivity contribution in [1.29, 1.82) is 0 Å². The molecule has 0 atom stereocenters. The van der Waals surface area contributed by atoms with Gasteiger partial charge in [-0.05, 0) is 97.1 Å². The van der Waals surface area contributed by atoms with Crippen LogP contribution in [0.25, 0.3) is 0 Å². The molecule has 0 aliphatic heterocycles. The Morgan fingerprint density at radius 1 is 0.400 bits per heavy atom. The summed E-state index contributed by atoms with van der Waals surface area (Å²) in [6.45, 7) is 0. The lowest BCUT2D eigenvalue weighted by Crippen LogP contribution is -2.36. The first-order valence-electron chi connectivity index (χ1n) is 16.8. The number of hydrogen-bond donors (Lipinski definition) is 0. The Morgan fingerprint density at radius 2 is 0.660 bits per heavy atom. The number of benzene rings is 6. The highest BCUT2D eigenvalue weighted by atomic mass is 31.2. The van der Waals surface area contributed by atoms with E-state index in [4.69, 9.17) is 9.47 Å². The molecule has 0 saturated heterocycles. The van der Waals surface area contributed by atoms with Crippen molar-refractivity contribution in [2.45, 2.75) is 0 Å². The summed E-state index contributed by atoms with van der Waals surface area (Å²) < 4.78 is 10.8. The molecule has 0 N–H and O–H groups in total. The van der Waals surface area contributed by atoms with Gasteiger partial charge in [-0.15, -0.1) is 0 Å². The number of Topliss-reactive ketones (excluding diaryl/α,β-unsaturated/α-hetero) is 2. The number of carbonyl (C=O) groups is 2. The molecule has 0 radical (unpaired) electrons. The van der Waals surface area contributed by atoms with Gasteiger partial charge in [0.2, 0.25) is 11.6 Å². The SMILES string of the molecule is COc1ccc(C(=O)C[P+](CC[P+](CC(=O)c2ccc(OC)cc2)(c2ccccc2)c2ccccc2)(c2ccccc2)c2ccccc2)cc1. The topological polar surface area (TPSA) is 52.6 Å². The predicted molar refractivity (Wildman–Crippen MR) is 212 cm³/mol. The van der Waals surface area contributed by atoms with Crippen LogP contribution < -0.4 is 30.7 Å². The van der Waals surface area contributed by atoms with Crippen molar-refractivity contribution in [2.24, 2.45) is 0 Å². The molecule has 0 fully saturated rings. The van der Waals surface area contributed by atoms with Crippen LogP contribution in [0.15, 0.2) is 170 Å². The van der Waals surface area contributed by atoms with Gasteiger partial charge in [-0.1, -0.05) is 72.8 Å². The number of hydrogen-bond acceptors (Lipinski definition) is 4. The highest BCUT2D eigenvalue weighted by Crippen LogP contribution is 2.64. The van der Waals surface area contributed by atoms with Crippen LogP contribution in [0.3, 0.4) is 0 Å². The van der Waals surface area contributed by atoms with Crippen molar-refractivity contribution in [3.8, 4) is 11.5 Å². The third-order valence-corrected chi connectivity index (χ3v) is 18.6. The Labute approximate surface area is 296 Å². The zero-order chi connectivity index (χ0) is 34.8. The maximum Gasteiger partial charge on any atom is 0.200 e. The van der Waals surface area contributed by atoms with Crippen LogP contribution in [0.4, 0.5) is 0 Å². The standard InChI is InChI=1S/C44H42O4P2/c1-47-37-27-23-35(24-28-37)43(45)33-49(39-15-7-3-8-16-39,40-17-9-4-10-18-40)31-32-50(41-19-11-5-12-20-41,42-21-13-6-14-22-42)34-44(46)36-25-29-38(48-2)30-26-36/h3-30H,31-34H2,1-2H3/q+2. The van der Waals surface area contributed by atoms with Crippen molar-refractivity contribution >= 4 is 47.3 Å². The molecule has 0 spiro atoms. The molecule has 250 valence electrons. The summed E-state index contributed by atoms with van der Waals surface area (Å²) in [6, 6.07) is 57.2. The third kappa shape index (κ3) is 7.63. The minimum absolute atomic E-state index is 0.103. The Bertz CT molecular complexity index is 1750. The van der Waals surface area contributed by atoms with Gasteiger partial charge in [0.25, 0.3) is 0 Å². The Hall–Kier alpha value is -4.88. The highest BCUT2D eigenvalue weighted by Gasteiger charge is 2.52. The van der Waals surface area contributed by atoms with Gasteiger partial charge in [0.15, 0.2) is 0 Å². The summed E-state index contributed by atoms with van der Waals surface area (Å²) in [4.78, 5) is 28.8. The minimum atomic E-state index is -2.39. The highest BCUT2D eigenvalue weighted by molar-refractivity contribution is 7.93. The van der Waals surface area contributed by atoms with Crippen molar-refractivity contribution in [3.63, 3.8) is 0 Å². The summed E-state index contributed by atoms with van der Waals surface area (Å²) in [5, 5.41) is 4.75. The second-order valence-corrected chi connectivity index (χ2v) is 19.8. The average Bonchev–Trinajstić information content (AvgIpc) is 3.20. The second-order valence-electron chi connectivity index (χ2n) is 12.3. The summed E-state index contributed by atoms with van der Waals surface area (Å²) in [6.07, 6.45) is 2.28. The molecule has 50 heavy (non-hydrogen) atoms. The molecule has 6 aromatic rings. The van der Waals surface area contributed by atoms with E-state index in [1.807, 2.05) is 72.8 Å². The zero-order valence-electron chi connectivity index (χ0n) is 28.5. The van der Waals surface area contributed by atoms with Crippen LogP contribution >= 0.6 is 14.5 Å². The van der Waals surface area contributed by atoms with E-state index in [0.717, 1.165) is 23.8 Å². The molecule has 0 bridgehead atoms. The van der Waals surface area contributed by atoms with E-state index in [-0.39, 0.29) is 11.6 Å². The van der Waals surface area contributed by atoms with Gasteiger partial charge in [0.1, 0.15) is 36.1 Å². The number of rotatable bonds is 15. The Kier molecular flexibility index (Phi) is 11.3. The lowest BCUT2D eigenvalue weighted by atomic mass is 10.1. The lowest BCUT2D eigenvalue weighted by molar-refractivity contribution is 0.101. The van der Waals surface area contributed by atoms with Crippen molar-refractivity contribution < 1.29 is 19.1 Å². The van der Waals surface area contributed by atoms with Crippen molar-refractivity contribution in [1.82, 2.24) is 0 Å². The summed E-state index contributed by atoms with van der Waals surface area (Å²) in [7, 11) is -1.51. The first-order chi connectivity index (χ1) is 24.5. The van der Waals surface area contributed by atoms with Crippen LogP contribution in [0.2, 0.25) is 0 Å². The zero-order valence-corrected chi connectivity index (χ0v) is 30.3. The molecule has 4 nitrogen and oxygen atoms in total. The maximum absolute atomic E-state index is 14.4. The molecular weight excluding hydrogens is 654 g/mol. The molecular formula is C44H42O4P2+2. The van der Waals surface area contributed by atoms with Gasteiger partial charge < -0.3 is 9.47 Å². The van der Waals surface area contributed by atoms with Crippen LogP contribution in [0.5, 0.6) is 11.5 Å². The van der Waals surface area contributed by atoms with Gasteiger partial charge >= 0.3 is 0 Å². The van der Waals surface area contributed by atoms with Crippen LogP contribution in [0.1, 0.15) is 20.7 Å². The Balaban J connectivity index is 1.51. The van der Waals surface area contributed by atoms with E-state index in [1.165, 1.54) is 21.2 Å². The van der Waals surface area contributed by atoms with E-state index < -0.39 is 14.5 Å². The molecule has 0 amide bonds. The summed E-state index contributed by atoms with van der Waals surface area (Å²) >= 11 is 0. The quantitative estimate of drug-likeness (QED) is 0.0805. The summed E-state index contributed by atoms with van der Waals surface area (Å²) in [5.74, 6) is 1.64. The molecule has 0 aliphatic rings. The number of ether oxygens (including phenoxy) is 2. The van der Waals surface area contributed by atoms with Gasteiger partial charge in [0.05, 0.1) is 50.0 Å². The molecule has 6 aromatic carbocycles. The van der Waals surface area contributed by atoms with E-state index in [0.29, 0.717) is 23.5 Å². The number of methoxy groups -OCH3 is 2. The third-order valence-electron chi connectivity index (χ3n) is 9.52. The fraction of sp³-hybridized carbons (Fsp3) is 0.136. The van der Waals surface area contributed by atoms with E-state index in [2.05, 4.69) is 97.1 Å². The van der Waals surface area contributed by atoms with Gasteiger partial charge in [0, 0.05) is 11.1 Å². The van der Waals surface area contributed by atoms with Crippen molar-refractivity contribution in [3.05, 3.63) is 181 Å². The molecule has 0 saturated carbocycles. The van der Waals surface area contributed by atoms with E-state index >= 15 is 0 Å². The predicted octanol–water partition coefficient (Wildman–Crippen LogP) is 8.11. The fourth-order valence-corrected chi connectivity index (χ4v) is 16.5. The smallest absolute Gasteiger partial charge is 0.200 e. The van der Waals surface area contributed by atoms with E-state index in [9.17, 15) is 9.59 Å². The maximum atomic E-state index is 14.4. The van der Waals surface area contributed by atoms with Crippen LogP contribution in [0, 0.1) is 0 Å². The largest absolute Gasteiger partial charge is 0.497 e. The molecule has 0 unspecified atom stereocenters. The summed E-state index contributed by atoms with van der Waals surface area (Å²) in [5.41, 5.74) is 1.34.